The predicted molar refractivity (Wildman–Crippen MR) is 151 cm³/mol. The molecule has 0 aromatic heterocycles. The summed E-state index contributed by atoms with van der Waals surface area (Å²) in [5.74, 6) is 0. The lowest BCUT2D eigenvalue weighted by Gasteiger charge is -2.56. The Labute approximate surface area is 238 Å². The Bertz CT molecular complexity index is 843. The zero-order valence-corrected chi connectivity index (χ0v) is 26.5. The monoisotopic (exact) mass is 604 g/mol. The summed E-state index contributed by atoms with van der Waals surface area (Å²) in [5.41, 5.74) is -3.68. The first kappa shape index (κ1) is 31.1. The minimum Gasteiger partial charge on any atom is -0.390 e. The maximum absolute atomic E-state index is 11.2. The molecule has 4 aliphatic heterocycles. The molecule has 4 saturated heterocycles. The molecule has 4 rings (SSSR count). The number of ether oxygens (including phenoxy) is 4. The Morgan fingerprint density at radius 3 is 1.97 bits per heavy atom. The molecular weight excluding hydrogens is 552 g/mol. The second-order valence-electron chi connectivity index (χ2n) is 14.7. The highest BCUT2D eigenvalue weighted by Gasteiger charge is 2.57. The molecule has 0 aromatic rings. The van der Waals surface area contributed by atoms with Gasteiger partial charge in [0.05, 0.1) is 64.1 Å². The van der Waals surface area contributed by atoms with Crippen LogP contribution in [0.15, 0.2) is 0 Å². The van der Waals surface area contributed by atoms with Crippen LogP contribution in [0.25, 0.3) is 0 Å². The zero-order valence-electron chi connectivity index (χ0n) is 24.9. The van der Waals surface area contributed by atoms with Crippen LogP contribution in [0.1, 0.15) is 120 Å². The van der Waals surface area contributed by atoms with Gasteiger partial charge in [-0.3, -0.25) is 0 Å². The molecule has 0 bridgehead atoms. The average Bonchev–Trinajstić information content (AvgIpc) is 3.22. The second kappa shape index (κ2) is 10.5. The smallest absolute Gasteiger partial charge is 0.0923 e. The van der Waals surface area contributed by atoms with Crippen molar-refractivity contribution in [1.29, 1.82) is 0 Å². The zero-order chi connectivity index (χ0) is 28.4. The first-order valence-electron chi connectivity index (χ1n) is 14.8. The van der Waals surface area contributed by atoms with E-state index in [4.69, 9.17) is 18.9 Å². The molecule has 0 aromatic carbocycles. The van der Waals surface area contributed by atoms with Gasteiger partial charge in [0.2, 0.25) is 0 Å². The number of fused-ring (bicyclic) bond motifs is 1. The molecule has 4 heterocycles. The third-order valence-corrected chi connectivity index (χ3v) is 11.8. The van der Waals surface area contributed by atoms with Crippen molar-refractivity contribution in [3.05, 3.63) is 0 Å². The quantitative estimate of drug-likeness (QED) is 0.344. The van der Waals surface area contributed by atoms with Crippen LogP contribution in [0.4, 0.5) is 0 Å². The molecule has 7 nitrogen and oxygen atoms in total. The lowest BCUT2D eigenvalue weighted by molar-refractivity contribution is -0.304. The van der Waals surface area contributed by atoms with Gasteiger partial charge in [0, 0.05) is 4.83 Å². The number of halogens is 1. The van der Waals surface area contributed by atoms with Gasteiger partial charge in [-0.2, -0.15) is 0 Å². The van der Waals surface area contributed by atoms with Crippen LogP contribution in [-0.4, -0.2) is 84.3 Å². The second-order valence-corrected chi connectivity index (χ2v) is 15.8. The highest BCUT2D eigenvalue weighted by molar-refractivity contribution is 9.09. The van der Waals surface area contributed by atoms with E-state index in [0.717, 1.165) is 51.4 Å². The van der Waals surface area contributed by atoms with Crippen molar-refractivity contribution in [2.24, 2.45) is 0 Å². The minimum absolute atomic E-state index is 0.0231. The maximum Gasteiger partial charge on any atom is 0.0923 e. The number of hydrogen-bond acceptors (Lipinski definition) is 7. The summed E-state index contributed by atoms with van der Waals surface area (Å²) in [6, 6.07) is 0. The summed E-state index contributed by atoms with van der Waals surface area (Å²) < 4.78 is 26.8. The topological polar surface area (TPSA) is 97.6 Å². The molecule has 4 aliphatic rings. The molecule has 0 spiro atoms. The molecule has 222 valence electrons. The Kier molecular flexibility index (Phi) is 8.59. The van der Waals surface area contributed by atoms with Crippen LogP contribution in [0.3, 0.4) is 0 Å². The van der Waals surface area contributed by atoms with Crippen molar-refractivity contribution >= 4 is 15.9 Å². The normalized spacial score (nSPS) is 46.3. The first-order valence-corrected chi connectivity index (χ1v) is 15.7. The SMILES string of the molecule is CC(C)(O)[C@H](O)CC[C@](C)(O)[C@@H]1CC[C@](C)([C@H]2CC[C@H]3O[C@@H]([C@]4(C)CC[C@@H](Br)C(C)(C)O4)CC[C@]3(C)O2)O1. The maximum atomic E-state index is 11.2. The minimum atomic E-state index is -1.20. The molecule has 4 fully saturated rings. The van der Waals surface area contributed by atoms with Gasteiger partial charge in [-0.1, -0.05) is 15.9 Å². The summed E-state index contributed by atoms with van der Waals surface area (Å²) in [6.07, 6.45) is 6.61. The van der Waals surface area contributed by atoms with E-state index in [1.165, 1.54) is 0 Å². The summed E-state index contributed by atoms with van der Waals surface area (Å²) in [7, 11) is 0. The van der Waals surface area contributed by atoms with Crippen molar-refractivity contribution in [3.63, 3.8) is 0 Å². The van der Waals surface area contributed by atoms with Crippen LogP contribution in [-0.2, 0) is 18.9 Å². The molecule has 0 aliphatic carbocycles. The van der Waals surface area contributed by atoms with Gasteiger partial charge >= 0.3 is 0 Å². The molecule has 0 amide bonds. The number of hydrogen-bond donors (Lipinski definition) is 3. The largest absolute Gasteiger partial charge is 0.390 e. The van der Waals surface area contributed by atoms with E-state index in [1.54, 1.807) is 20.8 Å². The van der Waals surface area contributed by atoms with E-state index in [-0.39, 0.29) is 41.2 Å². The highest BCUT2D eigenvalue weighted by atomic mass is 79.9. The van der Waals surface area contributed by atoms with Gasteiger partial charge in [0.15, 0.2) is 0 Å². The molecule has 0 unspecified atom stereocenters. The number of aliphatic hydroxyl groups excluding tert-OH is 1. The molecule has 8 heteroatoms. The summed E-state index contributed by atoms with van der Waals surface area (Å²) in [4.78, 5) is 0.346. The summed E-state index contributed by atoms with van der Waals surface area (Å²) in [5, 5.41) is 31.5. The van der Waals surface area contributed by atoms with E-state index in [0.29, 0.717) is 17.7 Å². The third kappa shape index (κ3) is 6.18. The standard InChI is InChI=1S/C30H53BrO7/c1-25(2,33)20(32)12-15-27(5,34)21-13-17-29(7,36-21)24-10-9-22-28(6,37-24)18-14-23(35-22)30(8)16-11-19(31)26(3,4)38-30/h19-24,32-34H,9-18H2,1-8H3/t19-,20-,21+,22-,23-,24-,27+,28+,29-,30+/m1/s1. The Morgan fingerprint density at radius 1 is 0.789 bits per heavy atom. The average molecular weight is 606 g/mol. The molecule has 0 saturated carbocycles. The van der Waals surface area contributed by atoms with Crippen LogP contribution in [0, 0.1) is 0 Å². The fraction of sp³-hybridized carbons (Fsp3) is 1.00. The van der Waals surface area contributed by atoms with Crippen LogP contribution < -0.4 is 0 Å². The van der Waals surface area contributed by atoms with Crippen LogP contribution in [0.2, 0.25) is 0 Å². The summed E-state index contributed by atoms with van der Waals surface area (Å²) in [6.45, 7) is 15.8. The van der Waals surface area contributed by atoms with Crippen LogP contribution >= 0.6 is 15.9 Å². The van der Waals surface area contributed by atoms with E-state index >= 15 is 0 Å². The lowest BCUT2D eigenvalue weighted by Crippen LogP contribution is -2.63. The van der Waals surface area contributed by atoms with Gasteiger partial charge in [-0.15, -0.1) is 0 Å². The van der Waals surface area contributed by atoms with E-state index in [1.807, 2.05) is 0 Å². The van der Waals surface area contributed by atoms with Gasteiger partial charge in [0.1, 0.15) is 0 Å². The van der Waals surface area contributed by atoms with Crippen molar-refractivity contribution in [1.82, 2.24) is 0 Å². The Hall–Kier alpha value is 0.200. The fourth-order valence-electron chi connectivity index (χ4n) is 7.24. The summed E-state index contributed by atoms with van der Waals surface area (Å²) >= 11 is 3.80. The van der Waals surface area contributed by atoms with Crippen molar-refractivity contribution in [2.45, 2.75) is 189 Å². The lowest BCUT2D eigenvalue weighted by atomic mass is 9.75. The predicted octanol–water partition coefficient (Wildman–Crippen LogP) is 5.18. The number of aliphatic hydroxyl groups is 3. The molecular formula is C30H53BrO7. The van der Waals surface area contributed by atoms with Crippen molar-refractivity contribution < 1.29 is 34.3 Å². The Balaban J connectivity index is 1.36. The van der Waals surface area contributed by atoms with Crippen molar-refractivity contribution in [3.8, 4) is 0 Å². The van der Waals surface area contributed by atoms with E-state index < -0.39 is 22.9 Å². The number of alkyl halides is 1. The third-order valence-electron chi connectivity index (χ3n) is 10.3. The van der Waals surface area contributed by atoms with Crippen molar-refractivity contribution in [2.75, 3.05) is 0 Å². The van der Waals surface area contributed by atoms with Gasteiger partial charge < -0.3 is 34.3 Å². The molecule has 38 heavy (non-hydrogen) atoms. The fourth-order valence-corrected chi connectivity index (χ4v) is 7.57. The van der Waals surface area contributed by atoms with Gasteiger partial charge in [-0.05, 0) is 120 Å². The van der Waals surface area contributed by atoms with Crippen LogP contribution in [0.5, 0.6) is 0 Å². The Morgan fingerprint density at radius 2 is 1.34 bits per heavy atom. The number of rotatable bonds is 7. The van der Waals surface area contributed by atoms with E-state index in [9.17, 15) is 15.3 Å². The van der Waals surface area contributed by atoms with E-state index in [2.05, 4.69) is 50.5 Å². The van der Waals surface area contributed by atoms with Gasteiger partial charge in [0.25, 0.3) is 0 Å². The molecule has 0 radical (unpaired) electrons. The first-order chi connectivity index (χ1) is 17.3. The van der Waals surface area contributed by atoms with Gasteiger partial charge in [-0.25, -0.2) is 0 Å². The molecule has 10 atom stereocenters. The molecule has 3 N–H and O–H groups in total. The highest BCUT2D eigenvalue weighted by Crippen LogP contribution is 2.50.